The molecule has 0 aliphatic carbocycles. The van der Waals surface area contributed by atoms with Crippen LogP contribution in [0, 0.1) is 0 Å². The van der Waals surface area contributed by atoms with Crippen molar-refractivity contribution in [1.82, 2.24) is 4.98 Å². The molecule has 0 fully saturated rings. The molecule has 0 radical (unpaired) electrons. The van der Waals surface area contributed by atoms with E-state index in [0.717, 1.165) is 5.39 Å². The number of hydrogen-bond acceptors (Lipinski definition) is 6. The minimum Gasteiger partial charge on any atom is -0.484 e. The quantitative estimate of drug-likeness (QED) is 0.395. The summed E-state index contributed by atoms with van der Waals surface area (Å²) in [5, 5.41) is 4.08. The topological polar surface area (TPSA) is 90.7 Å². The highest BCUT2D eigenvalue weighted by atomic mass is 35.5. The van der Waals surface area contributed by atoms with E-state index in [1.54, 1.807) is 48.5 Å². The van der Waals surface area contributed by atoms with Gasteiger partial charge in [0, 0.05) is 23.7 Å². The number of nitrogens with one attached hydrogen (secondary N) is 1. The number of nitrogens with zero attached hydrogens (tertiary/aromatic N) is 1. The normalized spacial score (nSPS) is 10.6. The number of anilines is 1. The van der Waals surface area contributed by atoms with Crippen molar-refractivity contribution in [3.8, 4) is 17.4 Å². The molecule has 1 N–H and O–H groups in total. The Hall–Kier alpha value is -3.55. The minimum absolute atomic E-state index is 0.154. The molecule has 156 valence electrons. The van der Waals surface area contributed by atoms with Crippen LogP contribution in [-0.2, 0) is 4.79 Å². The van der Waals surface area contributed by atoms with Gasteiger partial charge in [0.1, 0.15) is 16.4 Å². The molecule has 0 spiro atoms. The van der Waals surface area contributed by atoms with Gasteiger partial charge < -0.3 is 19.2 Å². The molecule has 2 aromatic carbocycles. The second-order valence-electron chi connectivity index (χ2n) is 6.33. The Morgan fingerprint density at radius 2 is 1.87 bits per heavy atom. The molecule has 9 heteroatoms. The van der Waals surface area contributed by atoms with E-state index in [1.807, 2.05) is 0 Å². The van der Waals surface area contributed by atoms with Crippen molar-refractivity contribution in [1.29, 1.82) is 0 Å². The van der Waals surface area contributed by atoms with Gasteiger partial charge in [-0.05, 0) is 36.4 Å². The second kappa shape index (κ2) is 9.07. The Labute approximate surface area is 186 Å². The van der Waals surface area contributed by atoms with Gasteiger partial charge in [0.15, 0.2) is 12.4 Å². The van der Waals surface area contributed by atoms with Gasteiger partial charge in [-0.2, -0.15) is 0 Å². The monoisotopic (exact) mass is 456 g/mol. The molecule has 0 saturated carbocycles. The van der Waals surface area contributed by atoms with Crippen LogP contribution in [0.2, 0.25) is 10.0 Å². The summed E-state index contributed by atoms with van der Waals surface area (Å²) in [6.45, 7) is -0.267. The molecular weight excluding hydrogens is 443 g/mol. The molecule has 0 aliphatic rings. The molecule has 0 saturated heterocycles. The maximum absolute atomic E-state index is 12.4. The summed E-state index contributed by atoms with van der Waals surface area (Å²) in [4.78, 5) is 27.8. The Bertz CT molecular complexity index is 1320. The Kier molecular flexibility index (Phi) is 6.06. The number of hydrogen-bond donors (Lipinski definition) is 1. The van der Waals surface area contributed by atoms with Crippen LogP contribution in [0.5, 0.6) is 17.4 Å². The molecule has 0 unspecified atom stereocenters. The van der Waals surface area contributed by atoms with Crippen LogP contribution < -0.4 is 20.4 Å². The van der Waals surface area contributed by atoms with Crippen LogP contribution in [0.25, 0.3) is 11.0 Å². The Balaban J connectivity index is 1.43. The van der Waals surface area contributed by atoms with Crippen molar-refractivity contribution in [3.63, 3.8) is 0 Å². The van der Waals surface area contributed by atoms with E-state index in [2.05, 4.69) is 10.3 Å². The lowest BCUT2D eigenvalue weighted by molar-refractivity contribution is -0.118. The van der Waals surface area contributed by atoms with Crippen molar-refractivity contribution >= 4 is 45.8 Å². The summed E-state index contributed by atoms with van der Waals surface area (Å²) in [5.41, 5.74) is 0.319. The number of aromatic nitrogens is 1. The molecule has 7 nitrogen and oxygen atoms in total. The fourth-order valence-electron chi connectivity index (χ4n) is 2.71. The molecular formula is C22H14Cl2N2O5. The predicted molar refractivity (Wildman–Crippen MR) is 117 cm³/mol. The molecule has 31 heavy (non-hydrogen) atoms. The Morgan fingerprint density at radius 3 is 2.71 bits per heavy atom. The number of halogens is 2. The van der Waals surface area contributed by atoms with Crippen LogP contribution in [0.3, 0.4) is 0 Å². The number of benzene rings is 2. The third kappa shape index (κ3) is 5.14. The van der Waals surface area contributed by atoms with Gasteiger partial charge >= 0.3 is 5.63 Å². The number of fused-ring (bicyclic) bond motifs is 1. The van der Waals surface area contributed by atoms with Crippen molar-refractivity contribution in [2.75, 3.05) is 11.9 Å². The average Bonchev–Trinajstić information content (AvgIpc) is 2.75. The van der Waals surface area contributed by atoms with Gasteiger partial charge in [-0.15, -0.1) is 0 Å². The van der Waals surface area contributed by atoms with E-state index in [4.69, 9.17) is 37.1 Å². The van der Waals surface area contributed by atoms with Crippen LogP contribution >= 0.6 is 23.2 Å². The molecule has 4 rings (SSSR count). The Morgan fingerprint density at radius 1 is 1.06 bits per heavy atom. The number of ether oxygens (including phenoxy) is 2. The van der Waals surface area contributed by atoms with Gasteiger partial charge in [-0.25, -0.2) is 9.78 Å². The number of carbonyl (C=O) groups excluding carboxylic acids is 1. The first-order chi connectivity index (χ1) is 15.0. The highest BCUT2D eigenvalue weighted by Gasteiger charge is 2.12. The number of pyridine rings is 1. The van der Waals surface area contributed by atoms with Crippen molar-refractivity contribution in [2.45, 2.75) is 0 Å². The van der Waals surface area contributed by atoms with Crippen molar-refractivity contribution < 1.29 is 18.7 Å². The predicted octanol–water partition coefficient (Wildman–Crippen LogP) is 5.30. The molecule has 2 aromatic heterocycles. The lowest BCUT2D eigenvalue weighted by Gasteiger charge is -2.13. The number of amides is 1. The minimum atomic E-state index is -0.464. The third-order valence-electron chi connectivity index (χ3n) is 4.11. The van der Waals surface area contributed by atoms with Gasteiger partial charge in [0.05, 0.1) is 10.7 Å². The fraction of sp³-hybridized carbons (Fsp3) is 0.0455. The maximum Gasteiger partial charge on any atom is 0.336 e. The average molecular weight is 457 g/mol. The van der Waals surface area contributed by atoms with E-state index in [-0.39, 0.29) is 17.5 Å². The van der Waals surface area contributed by atoms with E-state index in [0.29, 0.717) is 27.8 Å². The number of rotatable bonds is 6. The number of para-hydroxylation sites is 2. The van der Waals surface area contributed by atoms with E-state index >= 15 is 0 Å². The standard InChI is InChI=1S/C22H14Cl2N2O5/c23-14-9-16(24)22(25-11-14)31-18-4-2-1-3-17(18)26-20(27)12-29-15-7-5-13-6-8-21(28)30-19(13)10-15/h1-11H,12H2,(H,26,27). The second-order valence-corrected chi connectivity index (χ2v) is 7.17. The summed E-state index contributed by atoms with van der Waals surface area (Å²) in [5.74, 6) is 0.473. The van der Waals surface area contributed by atoms with Crippen LogP contribution in [0.15, 0.2) is 76.1 Å². The molecule has 4 aromatic rings. The molecule has 0 aliphatic heterocycles. The SMILES string of the molecule is O=C(COc1ccc2ccc(=O)oc2c1)Nc1ccccc1Oc1ncc(Cl)cc1Cl. The molecule has 0 atom stereocenters. The van der Waals surface area contributed by atoms with Crippen LogP contribution in [0.1, 0.15) is 0 Å². The first-order valence-corrected chi connectivity index (χ1v) is 9.78. The third-order valence-corrected chi connectivity index (χ3v) is 4.58. The largest absolute Gasteiger partial charge is 0.484 e. The zero-order valence-corrected chi connectivity index (χ0v) is 17.3. The summed E-state index contributed by atoms with van der Waals surface area (Å²) < 4.78 is 16.4. The molecule has 2 heterocycles. The summed E-state index contributed by atoms with van der Waals surface area (Å²) in [7, 11) is 0. The molecule has 1 amide bonds. The smallest absolute Gasteiger partial charge is 0.336 e. The maximum atomic E-state index is 12.4. The van der Waals surface area contributed by atoms with Gasteiger partial charge in [0.2, 0.25) is 5.88 Å². The highest BCUT2D eigenvalue weighted by molar-refractivity contribution is 6.35. The van der Waals surface area contributed by atoms with Crippen LogP contribution in [-0.4, -0.2) is 17.5 Å². The zero-order chi connectivity index (χ0) is 21.8. The fourth-order valence-corrected chi connectivity index (χ4v) is 3.12. The highest BCUT2D eigenvalue weighted by Crippen LogP contribution is 2.33. The summed E-state index contributed by atoms with van der Waals surface area (Å²) >= 11 is 12.0. The van der Waals surface area contributed by atoms with E-state index in [1.165, 1.54) is 18.3 Å². The van der Waals surface area contributed by atoms with Crippen molar-refractivity contribution in [3.05, 3.63) is 87.3 Å². The van der Waals surface area contributed by atoms with Crippen molar-refractivity contribution in [2.24, 2.45) is 0 Å². The van der Waals surface area contributed by atoms with Crippen LogP contribution in [0.4, 0.5) is 5.69 Å². The summed E-state index contributed by atoms with van der Waals surface area (Å²) in [6.07, 6.45) is 1.41. The van der Waals surface area contributed by atoms with Gasteiger partial charge in [-0.1, -0.05) is 35.3 Å². The first kappa shape index (κ1) is 20.7. The van der Waals surface area contributed by atoms with Gasteiger partial charge in [0.25, 0.3) is 5.91 Å². The molecule has 0 bridgehead atoms. The zero-order valence-electron chi connectivity index (χ0n) is 15.8. The van der Waals surface area contributed by atoms with E-state index in [9.17, 15) is 9.59 Å². The van der Waals surface area contributed by atoms with E-state index < -0.39 is 11.5 Å². The lowest BCUT2D eigenvalue weighted by atomic mass is 10.2. The first-order valence-electron chi connectivity index (χ1n) is 9.02. The van der Waals surface area contributed by atoms with Gasteiger partial charge in [-0.3, -0.25) is 4.79 Å². The number of carbonyl (C=O) groups is 1. The lowest BCUT2D eigenvalue weighted by Crippen LogP contribution is -2.20. The summed E-state index contributed by atoms with van der Waals surface area (Å²) in [6, 6.07) is 16.3.